The summed E-state index contributed by atoms with van der Waals surface area (Å²) in [6, 6.07) is 45.4. The molecule has 0 unspecified atom stereocenters. The first-order chi connectivity index (χ1) is 47.6. The summed E-state index contributed by atoms with van der Waals surface area (Å²) in [6.07, 6.45) is 8.98. The number of nitrogens with one attached hydrogen (secondary N) is 8. The van der Waals surface area contributed by atoms with Crippen molar-refractivity contribution >= 4 is 47.3 Å². The molecule has 8 N–H and O–H groups in total. The Morgan fingerprint density at radius 2 is 0.765 bits per heavy atom. The molecule has 4 fully saturated rings. The van der Waals surface area contributed by atoms with Crippen molar-refractivity contribution in [2.45, 2.75) is 165 Å². The van der Waals surface area contributed by atoms with E-state index in [4.69, 9.17) is 9.47 Å². The number of benzene rings is 6. The fraction of sp³-hybridized carbons (Fsp3) is 0.436. The number of carbonyl (C=O) groups excluding carboxylic acids is 8. The largest absolute Gasteiger partial charge is 0.374 e. The molecule has 6 aromatic rings. The molecule has 2 heterocycles. The van der Waals surface area contributed by atoms with Crippen LogP contribution in [0.5, 0.6) is 0 Å². The molecule has 10 rings (SSSR count). The van der Waals surface area contributed by atoms with Gasteiger partial charge in [-0.3, -0.25) is 38.4 Å². The Hall–Kier alpha value is -9.08. The van der Waals surface area contributed by atoms with Crippen molar-refractivity contribution < 1.29 is 47.8 Å². The van der Waals surface area contributed by atoms with E-state index in [1.807, 2.05) is 146 Å². The van der Waals surface area contributed by atoms with E-state index in [1.54, 1.807) is 62.0 Å². The third-order valence-electron chi connectivity index (χ3n) is 19.9. The van der Waals surface area contributed by atoms with Crippen LogP contribution in [0.2, 0.25) is 0 Å². The lowest BCUT2D eigenvalue weighted by Gasteiger charge is -2.35. The lowest BCUT2D eigenvalue weighted by atomic mass is 9.83. The standard InChI is InChI=1S/C78H96N10O10/c1-51(79-3)71(89)85-69(59-31-19-9-20-32-59)77(95)87-45-63(43-67(87)75(93)83-65(57-27-15-7-16-28-57)49-97-47-53-23-11-5-12-24-53)81-73(91)61-39-35-55(36-40-61)56-37-41-62(42-38-56)74(92)82-64-44-68(88(46-64)78(96)70(60-33-21-10-22-34-60)86-72(90)52(2)80-4)76(94)84-66(58-29-17-8-18-30-58)50-98-48-54-25-13-6-14-26-54/h5-8,11-18,23-30,35-42,51-52,59-60,63-70,79-80H,9-10,19-22,31-34,43-50H2,1-4H3,(H,81,91)(H,82,92)(H,83,93)(H,84,94)(H,85,89)(H,86,90)/t51-,52-,63-,64-,65+,66+,67-,68-,69-,70-/m0/s1. The molecular formula is C78H96N10O10. The summed E-state index contributed by atoms with van der Waals surface area (Å²) < 4.78 is 12.4. The number of amides is 8. The maximum atomic E-state index is 15.1. The average molecular weight is 1330 g/mol. The predicted octanol–water partition coefficient (Wildman–Crippen LogP) is 8.25. The minimum absolute atomic E-state index is 0.0347. The summed E-state index contributed by atoms with van der Waals surface area (Å²) in [5.41, 5.74) is 5.86. The molecule has 0 radical (unpaired) electrons. The number of nitrogens with zero attached hydrogens (tertiary/aromatic N) is 2. The number of hydrogen-bond acceptors (Lipinski definition) is 12. The third-order valence-corrected chi connectivity index (χ3v) is 19.9. The molecule has 0 spiro atoms. The van der Waals surface area contributed by atoms with Gasteiger partial charge in [-0.25, -0.2) is 0 Å². The van der Waals surface area contributed by atoms with Crippen LogP contribution in [0.3, 0.4) is 0 Å². The van der Waals surface area contributed by atoms with Gasteiger partial charge in [0.1, 0.15) is 24.2 Å². The van der Waals surface area contributed by atoms with Crippen LogP contribution in [0.1, 0.15) is 146 Å². The lowest BCUT2D eigenvalue weighted by molar-refractivity contribution is -0.143. The highest BCUT2D eigenvalue weighted by atomic mass is 16.5. The van der Waals surface area contributed by atoms with Crippen LogP contribution in [0.25, 0.3) is 11.1 Å². The zero-order valence-corrected chi connectivity index (χ0v) is 56.8. The van der Waals surface area contributed by atoms with E-state index in [1.165, 1.54) is 0 Å². The van der Waals surface area contributed by atoms with Crippen molar-refractivity contribution in [1.29, 1.82) is 0 Å². The van der Waals surface area contributed by atoms with Crippen LogP contribution in [-0.2, 0) is 51.5 Å². The number of carbonyl (C=O) groups is 8. The highest BCUT2D eigenvalue weighted by molar-refractivity contribution is 5.98. The van der Waals surface area contributed by atoms with E-state index in [0.29, 0.717) is 24.3 Å². The maximum absolute atomic E-state index is 15.1. The predicted molar refractivity (Wildman–Crippen MR) is 376 cm³/mol. The van der Waals surface area contributed by atoms with Gasteiger partial charge in [-0.15, -0.1) is 0 Å². The van der Waals surface area contributed by atoms with Crippen LogP contribution >= 0.6 is 0 Å². The van der Waals surface area contributed by atoms with Crippen LogP contribution in [0.4, 0.5) is 0 Å². The molecule has 98 heavy (non-hydrogen) atoms. The molecule has 2 aliphatic heterocycles. The quantitative estimate of drug-likeness (QED) is 0.0221. The van der Waals surface area contributed by atoms with Gasteiger partial charge in [-0.1, -0.05) is 184 Å². The first kappa shape index (κ1) is 71.7. The van der Waals surface area contributed by atoms with Crippen LogP contribution in [-0.4, -0.2) is 146 Å². The van der Waals surface area contributed by atoms with E-state index in [0.717, 1.165) is 97.6 Å². The smallest absolute Gasteiger partial charge is 0.251 e. The Morgan fingerprint density at radius 1 is 0.429 bits per heavy atom. The zero-order chi connectivity index (χ0) is 68.9. The van der Waals surface area contributed by atoms with E-state index < -0.39 is 84.0 Å². The molecule has 4 aliphatic rings. The summed E-state index contributed by atoms with van der Waals surface area (Å²) in [4.78, 5) is 119. The highest BCUT2D eigenvalue weighted by Gasteiger charge is 2.47. The van der Waals surface area contributed by atoms with Gasteiger partial charge in [-0.2, -0.15) is 0 Å². The minimum Gasteiger partial charge on any atom is -0.374 e. The molecule has 0 aromatic heterocycles. The molecule has 20 nitrogen and oxygen atoms in total. The van der Waals surface area contributed by atoms with Gasteiger partial charge in [0.25, 0.3) is 11.8 Å². The molecule has 6 aromatic carbocycles. The second kappa shape index (κ2) is 35.4. The van der Waals surface area contributed by atoms with Crippen molar-refractivity contribution in [2.24, 2.45) is 11.8 Å². The molecule has 2 saturated carbocycles. The Labute approximate surface area is 575 Å². The van der Waals surface area contributed by atoms with Crippen molar-refractivity contribution in [3.63, 3.8) is 0 Å². The fourth-order valence-electron chi connectivity index (χ4n) is 14.0. The third kappa shape index (κ3) is 19.2. The van der Waals surface area contributed by atoms with Gasteiger partial charge in [0, 0.05) is 36.3 Å². The van der Waals surface area contributed by atoms with Gasteiger partial charge in [0.15, 0.2) is 0 Å². The van der Waals surface area contributed by atoms with Crippen LogP contribution in [0.15, 0.2) is 170 Å². The number of hydrogen-bond donors (Lipinski definition) is 8. The lowest BCUT2D eigenvalue weighted by Crippen LogP contribution is -2.58. The topological polar surface area (TPSA) is 258 Å². The normalized spacial score (nSPS) is 20.0. The number of likely N-dealkylation sites (N-methyl/N-ethyl adjacent to an activating group) is 2. The molecule has 518 valence electrons. The Balaban J connectivity index is 0.822. The first-order valence-corrected chi connectivity index (χ1v) is 35.0. The average Bonchev–Trinajstić information content (AvgIpc) is 1.63. The summed E-state index contributed by atoms with van der Waals surface area (Å²) in [5, 5.41) is 24.7. The van der Waals surface area contributed by atoms with Gasteiger partial charge < -0.3 is 61.8 Å². The van der Waals surface area contributed by atoms with E-state index in [9.17, 15) is 28.8 Å². The Morgan fingerprint density at radius 3 is 1.10 bits per heavy atom. The molecule has 10 atom stereocenters. The van der Waals surface area contributed by atoms with Crippen molar-refractivity contribution in [1.82, 2.24) is 52.3 Å². The maximum Gasteiger partial charge on any atom is 0.251 e. The molecule has 0 bridgehead atoms. The zero-order valence-electron chi connectivity index (χ0n) is 56.8. The Kier molecular flexibility index (Phi) is 25.9. The van der Waals surface area contributed by atoms with E-state index >= 15 is 9.59 Å². The van der Waals surface area contributed by atoms with Crippen molar-refractivity contribution in [3.8, 4) is 11.1 Å². The van der Waals surface area contributed by atoms with Crippen LogP contribution < -0.4 is 42.5 Å². The SMILES string of the molecule is CN[C@@H](C)C(=O)N[C@H](C(=O)N1C[C@@H](NC(=O)c2ccc(-c3ccc(C(=O)N[C@H]4C[C@@H](C(=O)N[C@H](COCc5ccccc5)c5ccccc5)N(C(=O)[C@@H](NC(=O)[C@H](C)NC)C5CCCCC5)C4)cc3)cc2)C[C@H]1C(=O)N[C@H](COCc1ccccc1)c1ccccc1)C1CCCCC1. The summed E-state index contributed by atoms with van der Waals surface area (Å²) in [6.45, 7) is 4.51. The molecular weight excluding hydrogens is 1240 g/mol. The van der Waals surface area contributed by atoms with Crippen LogP contribution in [0, 0.1) is 11.8 Å². The van der Waals surface area contributed by atoms with E-state index in [-0.39, 0.29) is 74.6 Å². The molecule has 20 heteroatoms. The number of ether oxygens (including phenoxy) is 2. The van der Waals surface area contributed by atoms with Gasteiger partial charge in [-0.05, 0) is 136 Å². The summed E-state index contributed by atoms with van der Waals surface area (Å²) in [5.74, 6) is -3.23. The fourth-order valence-corrected chi connectivity index (χ4v) is 14.0. The number of rotatable bonds is 29. The molecule has 8 amide bonds. The van der Waals surface area contributed by atoms with Gasteiger partial charge in [0.05, 0.1) is 50.6 Å². The minimum atomic E-state index is -0.989. The van der Waals surface area contributed by atoms with E-state index in [2.05, 4.69) is 42.5 Å². The molecule has 2 aliphatic carbocycles. The van der Waals surface area contributed by atoms with Gasteiger partial charge in [0.2, 0.25) is 35.4 Å². The van der Waals surface area contributed by atoms with Gasteiger partial charge >= 0.3 is 0 Å². The monoisotopic (exact) mass is 1330 g/mol. The summed E-state index contributed by atoms with van der Waals surface area (Å²) in [7, 11) is 3.37. The Bertz CT molecular complexity index is 3360. The second-order valence-electron chi connectivity index (χ2n) is 26.7. The van der Waals surface area contributed by atoms with Crippen molar-refractivity contribution in [3.05, 3.63) is 203 Å². The first-order valence-electron chi connectivity index (χ1n) is 35.0. The summed E-state index contributed by atoms with van der Waals surface area (Å²) >= 11 is 0. The van der Waals surface area contributed by atoms with Crippen molar-refractivity contribution in [2.75, 3.05) is 40.4 Å². The molecule has 2 saturated heterocycles. The number of likely N-dealkylation sites (tertiary alicyclic amines) is 2. The highest BCUT2D eigenvalue weighted by Crippen LogP contribution is 2.33. The second-order valence-corrected chi connectivity index (χ2v) is 26.7.